The van der Waals surface area contributed by atoms with Crippen LogP contribution in [0.25, 0.3) is 11.2 Å². The predicted octanol–water partition coefficient (Wildman–Crippen LogP) is -1.27. The molecular formula is C12H20N6O8P2. The van der Waals surface area contributed by atoms with Gasteiger partial charge in [-0.3, -0.25) is 9.13 Å². The van der Waals surface area contributed by atoms with E-state index in [1.165, 1.54) is 4.68 Å². The molecular weight excluding hydrogens is 418 g/mol. The maximum absolute atomic E-state index is 11.8. The van der Waals surface area contributed by atoms with Crippen molar-refractivity contribution in [2.75, 3.05) is 18.2 Å². The van der Waals surface area contributed by atoms with E-state index in [1.807, 2.05) is 0 Å². The number of aliphatic hydroxyl groups is 2. The minimum absolute atomic E-state index is 0.0830. The highest BCUT2D eigenvalue weighted by atomic mass is 31.2. The summed E-state index contributed by atoms with van der Waals surface area (Å²) < 4.78 is 28.7. The Kier molecular flexibility index (Phi) is 5.60. The SMILES string of the molecule is Cc1nc(N)c2nnn([C@@H]3C[C@H](COP(=O)(O)CP(=O)(O)O)[C@@H](O)[C@H]3O)c2n1. The van der Waals surface area contributed by atoms with E-state index in [0.717, 1.165) is 0 Å². The largest absolute Gasteiger partial charge is 0.390 e. The quantitative estimate of drug-likeness (QED) is 0.290. The Hall–Kier alpha value is -1.50. The van der Waals surface area contributed by atoms with Crippen LogP contribution in [-0.4, -0.2) is 74.6 Å². The van der Waals surface area contributed by atoms with E-state index in [9.17, 15) is 24.2 Å². The molecule has 5 atom stereocenters. The number of aromatic nitrogens is 5. The van der Waals surface area contributed by atoms with Crippen LogP contribution >= 0.6 is 15.2 Å². The summed E-state index contributed by atoms with van der Waals surface area (Å²) in [7, 11) is -9.34. The molecule has 14 nitrogen and oxygen atoms in total. The van der Waals surface area contributed by atoms with E-state index in [1.54, 1.807) is 6.92 Å². The molecule has 7 N–H and O–H groups in total. The van der Waals surface area contributed by atoms with E-state index in [2.05, 4.69) is 20.3 Å². The minimum atomic E-state index is -4.76. The van der Waals surface area contributed by atoms with Crippen LogP contribution in [0.4, 0.5) is 5.82 Å². The van der Waals surface area contributed by atoms with Gasteiger partial charge in [-0.2, -0.15) is 0 Å². The number of aliphatic hydroxyl groups excluding tert-OH is 2. The normalized spacial score (nSPS) is 27.9. The van der Waals surface area contributed by atoms with Gasteiger partial charge in [-0.25, -0.2) is 14.6 Å². The number of nitrogens with zero attached hydrogens (tertiary/aromatic N) is 5. The summed E-state index contributed by atoms with van der Waals surface area (Å²) >= 11 is 0. The van der Waals surface area contributed by atoms with Crippen molar-refractivity contribution in [3.63, 3.8) is 0 Å². The second kappa shape index (κ2) is 7.39. The molecule has 2 aromatic rings. The fourth-order valence-electron chi connectivity index (χ4n) is 3.18. The minimum Gasteiger partial charge on any atom is -0.390 e. The van der Waals surface area contributed by atoms with E-state index >= 15 is 0 Å². The Morgan fingerprint density at radius 1 is 1.21 bits per heavy atom. The van der Waals surface area contributed by atoms with E-state index in [4.69, 9.17) is 20.0 Å². The van der Waals surface area contributed by atoms with Gasteiger partial charge in [0.25, 0.3) is 0 Å². The first kappa shape index (κ1) is 21.2. The molecule has 0 amide bonds. The molecule has 0 aliphatic heterocycles. The van der Waals surface area contributed by atoms with Crippen molar-refractivity contribution in [3.05, 3.63) is 5.82 Å². The van der Waals surface area contributed by atoms with Crippen LogP contribution in [0.5, 0.6) is 0 Å². The lowest BCUT2D eigenvalue weighted by Crippen LogP contribution is -2.31. The monoisotopic (exact) mass is 438 g/mol. The average Bonchev–Trinajstić information content (AvgIpc) is 3.06. The van der Waals surface area contributed by atoms with Crippen molar-refractivity contribution in [1.29, 1.82) is 0 Å². The third-order valence-corrected chi connectivity index (χ3v) is 7.86. The molecule has 1 fully saturated rings. The van der Waals surface area contributed by atoms with Crippen LogP contribution in [0.2, 0.25) is 0 Å². The van der Waals surface area contributed by atoms with Gasteiger partial charge in [0.05, 0.1) is 18.8 Å². The summed E-state index contributed by atoms with van der Waals surface area (Å²) in [4.78, 5) is 35.4. The van der Waals surface area contributed by atoms with Gasteiger partial charge in [-0.1, -0.05) is 5.21 Å². The van der Waals surface area contributed by atoms with Gasteiger partial charge in [0.1, 0.15) is 11.9 Å². The number of hydrogen-bond donors (Lipinski definition) is 6. The van der Waals surface area contributed by atoms with Crippen molar-refractivity contribution in [2.45, 2.75) is 31.6 Å². The molecule has 1 aliphatic carbocycles. The van der Waals surface area contributed by atoms with Gasteiger partial charge in [0.15, 0.2) is 22.9 Å². The van der Waals surface area contributed by atoms with E-state index in [0.29, 0.717) is 5.82 Å². The Morgan fingerprint density at radius 2 is 1.89 bits per heavy atom. The molecule has 2 aromatic heterocycles. The van der Waals surface area contributed by atoms with Crippen molar-refractivity contribution >= 4 is 32.2 Å². The zero-order valence-electron chi connectivity index (χ0n) is 14.6. The fourth-order valence-corrected chi connectivity index (χ4v) is 5.79. The molecule has 1 saturated carbocycles. The van der Waals surface area contributed by atoms with Gasteiger partial charge in [0, 0.05) is 5.92 Å². The van der Waals surface area contributed by atoms with Gasteiger partial charge < -0.3 is 35.2 Å². The zero-order valence-corrected chi connectivity index (χ0v) is 16.4. The summed E-state index contributed by atoms with van der Waals surface area (Å²) in [5, 5.41) is 28.5. The van der Waals surface area contributed by atoms with Crippen LogP contribution in [-0.2, 0) is 13.7 Å². The number of nitrogens with two attached hydrogens (primary N) is 1. The summed E-state index contributed by atoms with van der Waals surface area (Å²) in [6.07, 6.45) is -2.56. The number of anilines is 1. The van der Waals surface area contributed by atoms with Gasteiger partial charge in [0.2, 0.25) is 0 Å². The number of hydrogen-bond acceptors (Lipinski definition) is 10. The Morgan fingerprint density at radius 3 is 2.54 bits per heavy atom. The lowest BCUT2D eigenvalue weighted by molar-refractivity contribution is -0.00362. The van der Waals surface area contributed by atoms with Crippen LogP contribution < -0.4 is 5.73 Å². The Bertz CT molecular complexity index is 978. The third kappa shape index (κ3) is 4.39. The first-order chi connectivity index (χ1) is 12.9. The summed E-state index contributed by atoms with van der Waals surface area (Å²) in [5.74, 6) is -1.66. The molecule has 2 heterocycles. The highest BCUT2D eigenvalue weighted by molar-refractivity contribution is 7.70. The topological polar surface area (TPSA) is 227 Å². The van der Waals surface area contributed by atoms with Gasteiger partial charge >= 0.3 is 15.2 Å². The van der Waals surface area contributed by atoms with E-state index < -0.39 is 51.9 Å². The van der Waals surface area contributed by atoms with Crippen LogP contribution in [0.1, 0.15) is 18.3 Å². The highest BCUT2D eigenvalue weighted by Crippen LogP contribution is 2.56. The van der Waals surface area contributed by atoms with Crippen molar-refractivity contribution in [3.8, 4) is 0 Å². The fraction of sp³-hybridized carbons (Fsp3) is 0.667. The maximum atomic E-state index is 11.8. The number of nitrogen functional groups attached to an aromatic ring is 1. The lowest BCUT2D eigenvalue weighted by Gasteiger charge is -2.19. The molecule has 28 heavy (non-hydrogen) atoms. The maximum Gasteiger partial charge on any atom is 0.340 e. The summed E-state index contributed by atoms with van der Waals surface area (Å²) in [6.45, 7) is 1.12. The van der Waals surface area contributed by atoms with Crippen LogP contribution in [0, 0.1) is 12.8 Å². The molecule has 16 heteroatoms. The molecule has 0 aromatic carbocycles. The summed E-state index contributed by atoms with van der Waals surface area (Å²) in [5.41, 5.74) is 6.27. The predicted molar refractivity (Wildman–Crippen MR) is 94.1 cm³/mol. The second-order valence-corrected chi connectivity index (χ2v) is 10.6. The molecule has 0 bridgehead atoms. The average molecular weight is 438 g/mol. The smallest absolute Gasteiger partial charge is 0.340 e. The first-order valence-corrected chi connectivity index (χ1v) is 11.7. The molecule has 3 rings (SSSR count). The third-order valence-electron chi connectivity index (χ3n) is 4.40. The summed E-state index contributed by atoms with van der Waals surface area (Å²) in [6, 6.07) is -0.776. The van der Waals surface area contributed by atoms with Gasteiger partial charge in [-0.05, 0) is 13.3 Å². The van der Waals surface area contributed by atoms with Crippen molar-refractivity contribution in [1.82, 2.24) is 25.0 Å². The molecule has 0 spiro atoms. The van der Waals surface area contributed by atoms with Gasteiger partial charge in [-0.15, -0.1) is 5.10 Å². The molecule has 1 unspecified atom stereocenters. The van der Waals surface area contributed by atoms with E-state index in [-0.39, 0.29) is 23.4 Å². The molecule has 0 saturated heterocycles. The standard InChI is InChI=1S/C12H20N6O8P2/c1-5-14-11(13)8-12(15-5)18(17-16-8)7-2-6(9(19)10(7)20)3-26-28(24,25)4-27(21,22)23/h6-7,9-10,19-20H,2-4H2,1H3,(H,24,25)(H2,13,14,15)(H2,21,22,23)/t6-,7-,9-,10+/m1/s1. The van der Waals surface area contributed by atoms with Crippen LogP contribution in [0.3, 0.4) is 0 Å². The Labute approximate surface area is 158 Å². The second-order valence-electron chi connectivity index (χ2n) is 6.65. The van der Waals surface area contributed by atoms with Crippen LogP contribution in [0.15, 0.2) is 0 Å². The van der Waals surface area contributed by atoms with Crippen molar-refractivity contribution in [2.24, 2.45) is 5.92 Å². The number of rotatable bonds is 6. The Balaban J connectivity index is 1.78. The first-order valence-electron chi connectivity index (χ1n) is 8.10. The number of fused-ring (bicyclic) bond motifs is 1. The molecule has 156 valence electrons. The lowest BCUT2D eigenvalue weighted by atomic mass is 10.1. The van der Waals surface area contributed by atoms with Crippen molar-refractivity contribution < 1.29 is 38.5 Å². The molecule has 1 aliphatic rings. The highest BCUT2D eigenvalue weighted by Gasteiger charge is 2.45. The number of aryl methyl sites for hydroxylation is 1. The zero-order chi connectivity index (χ0) is 20.9. The molecule has 0 radical (unpaired) electrons.